The molecule has 18 heteroatoms. The SMILES string of the molecule is CC(C)(C)OC(=O)N1CCC[C@H]1c1nc(C(=O)c2ccccc2N(COCC[Si](C)(C)C)c2ccc(-c3cn(COCC[Si](C)(C)C)c([C@@H]4CCCN4C(=O)OC(C)(C)C)n3)cc2)cn1COCC[Si](C)(C)C. The van der Waals surface area contributed by atoms with Crippen LogP contribution in [0.3, 0.4) is 0 Å². The number of hydrogen-bond donors (Lipinski definition) is 0. The highest BCUT2D eigenvalue weighted by Gasteiger charge is 2.38. The average Bonchev–Trinajstić information content (AvgIpc) is 4.11. The zero-order valence-electron chi connectivity index (χ0n) is 46.9. The summed E-state index contributed by atoms with van der Waals surface area (Å²) in [5, 5.41) is 0. The summed E-state index contributed by atoms with van der Waals surface area (Å²) < 4.78 is 34.7. The van der Waals surface area contributed by atoms with Crippen LogP contribution in [0.15, 0.2) is 60.9 Å². The monoisotopic (exact) mass is 1060 g/mol. The molecule has 0 spiro atoms. The molecule has 0 unspecified atom stereocenters. The first-order chi connectivity index (χ1) is 34.1. The van der Waals surface area contributed by atoms with Crippen LogP contribution in [-0.4, -0.2) is 122 Å². The minimum atomic E-state index is -1.41. The molecule has 2 aliphatic heterocycles. The first kappa shape index (κ1) is 57.7. The van der Waals surface area contributed by atoms with Crippen LogP contribution in [-0.2, 0) is 37.1 Å². The minimum absolute atomic E-state index is 0.206. The molecule has 2 amide bonds. The normalized spacial score (nSPS) is 16.9. The van der Waals surface area contributed by atoms with Gasteiger partial charge >= 0.3 is 12.2 Å². The van der Waals surface area contributed by atoms with E-state index in [1.165, 1.54) is 0 Å². The second kappa shape index (κ2) is 23.9. The molecule has 0 N–H and O–H groups in total. The third kappa shape index (κ3) is 17.0. The number of imidazole rings is 2. The summed E-state index contributed by atoms with van der Waals surface area (Å²) in [6, 6.07) is 18.2. The van der Waals surface area contributed by atoms with Gasteiger partial charge in [-0.2, -0.15) is 0 Å². The van der Waals surface area contributed by atoms with Crippen LogP contribution in [0, 0.1) is 0 Å². The number of ketones is 1. The molecular weight excluding hydrogens is 971 g/mol. The van der Waals surface area contributed by atoms with Gasteiger partial charge in [-0.15, -0.1) is 0 Å². The Morgan fingerprint density at radius 1 is 0.616 bits per heavy atom. The van der Waals surface area contributed by atoms with Gasteiger partial charge < -0.3 is 37.7 Å². The maximum atomic E-state index is 15.0. The summed E-state index contributed by atoms with van der Waals surface area (Å²) >= 11 is 0. The van der Waals surface area contributed by atoms with Crippen LogP contribution in [0.2, 0.25) is 77.1 Å². The van der Waals surface area contributed by atoms with Crippen molar-refractivity contribution in [2.24, 2.45) is 0 Å². The highest BCUT2D eigenvalue weighted by Crippen LogP contribution is 2.38. The number of benzene rings is 2. The fourth-order valence-corrected chi connectivity index (χ4v) is 11.0. The lowest BCUT2D eigenvalue weighted by Gasteiger charge is -2.28. The molecule has 15 nitrogen and oxygen atoms in total. The molecule has 0 bridgehead atoms. The highest BCUT2D eigenvalue weighted by atomic mass is 28.3. The van der Waals surface area contributed by atoms with Crippen molar-refractivity contribution in [1.82, 2.24) is 28.9 Å². The van der Waals surface area contributed by atoms with Gasteiger partial charge in [0.1, 0.15) is 48.7 Å². The van der Waals surface area contributed by atoms with Gasteiger partial charge in [0.05, 0.1) is 23.5 Å². The minimum Gasteiger partial charge on any atom is -0.444 e. The molecule has 2 aliphatic rings. The second-order valence-electron chi connectivity index (χ2n) is 25.4. The van der Waals surface area contributed by atoms with Crippen molar-refractivity contribution < 1.29 is 38.1 Å². The Morgan fingerprint density at radius 2 is 1.08 bits per heavy atom. The number of anilines is 2. The van der Waals surface area contributed by atoms with Gasteiger partial charge in [0.15, 0.2) is 0 Å². The number of carbonyl (C=O) groups is 3. The Bertz CT molecular complexity index is 2480. The zero-order valence-corrected chi connectivity index (χ0v) is 49.9. The van der Waals surface area contributed by atoms with E-state index in [-0.39, 0.29) is 43.1 Å². The maximum absolute atomic E-state index is 15.0. The largest absolute Gasteiger partial charge is 0.444 e. The first-order valence-corrected chi connectivity index (χ1v) is 37.6. The fraction of sp³-hybridized carbons (Fsp3) is 0.618. The predicted octanol–water partition coefficient (Wildman–Crippen LogP) is 13.2. The highest BCUT2D eigenvalue weighted by molar-refractivity contribution is 6.76. The topological polar surface area (TPSA) is 143 Å². The van der Waals surface area contributed by atoms with Gasteiger partial charge in [0, 0.05) is 86.3 Å². The molecule has 2 saturated heterocycles. The molecule has 402 valence electrons. The van der Waals surface area contributed by atoms with Crippen molar-refractivity contribution >= 4 is 53.6 Å². The van der Waals surface area contributed by atoms with Gasteiger partial charge in [0.25, 0.3) is 0 Å². The predicted molar refractivity (Wildman–Crippen MR) is 299 cm³/mol. The Balaban J connectivity index is 1.34. The van der Waals surface area contributed by atoms with E-state index in [0.717, 1.165) is 60.2 Å². The lowest BCUT2D eigenvalue weighted by molar-refractivity contribution is 0.0194. The third-order valence-electron chi connectivity index (χ3n) is 12.8. The molecule has 2 aromatic heterocycles. The van der Waals surface area contributed by atoms with E-state index in [0.29, 0.717) is 63.1 Å². The number of carbonyl (C=O) groups excluding carboxylic acids is 3. The number of rotatable bonds is 22. The van der Waals surface area contributed by atoms with Crippen LogP contribution < -0.4 is 4.90 Å². The van der Waals surface area contributed by atoms with E-state index in [1.807, 2.05) is 106 Å². The zero-order chi connectivity index (χ0) is 53.5. The van der Waals surface area contributed by atoms with Crippen LogP contribution in [0.25, 0.3) is 11.3 Å². The van der Waals surface area contributed by atoms with Crippen molar-refractivity contribution in [3.05, 3.63) is 83.8 Å². The van der Waals surface area contributed by atoms with Crippen LogP contribution >= 0.6 is 0 Å². The summed E-state index contributed by atoms with van der Waals surface area (Å²) in [7, 11) is -4.10. The first-order valence-electron chi connectivity index (χ1n) is 26.4. The Morgan fingerprint density at radius 3 is 1.58 bits per heavy atom. The Labute approximate surface area is 439 Å². The standard InChI is InChI=1S/C55H87N7O8Si3/c1-54(2,3)69-52(64)60-28-18-22-47(60)50-56-44(36-58(50)38-66-30-33-71(7,8)9)41-24-26-42(27-25-41)62(40-68-32-35-73(13,14)15)46-21-17-16-20-43(46)49(63)45-37-59(39-67-31-34-72(10,11)12)51(57-45)48-23-19-29-61(48)53(65)70-55(4,5)6/h16-17,20-21,24-27,36-37,47-48H,18-19,22-23,28-35,38-40H2,1-15H3/t47-,48-/m0/s1. The van der Waals surface area contributed by atoms with E-state index >= 15 is 4.79 Å². The number of hydrogen-bond acceptors (Lipinski definition) is 11. The number of ether oxygens (including phenoxy) is 5. The molecule has 0 aliphatic carbocycles. The molecular formula is C55H87N7O8Si3. The molecule has 2 aromatic carbocycles. The number of amides is 2. The van der Waals surface area contributed by atoms with Crippen LogP contribution in [0.4, 0.5) is 21.0 Å². The molecule has 4 aromatic rings. The molecule has 4 heterocycles. The van der Waals surface area contributed by atoms with Gasteiger partial charge in [-0.25, -0.2) is 19.6 Å². The fourth-order valence-electron chi connectivity index (χ4n) is 8.75. The van der Waals surface area contributed by atoms with Crippen molar-refractivity contribution in [3.63, 3.8) is 0 Å². The molecule has 0 radical (unpaired) electrons. The van der Waals surface area contributed by atoms with E-state index < -0.39 is 41.5 Å². The summed E-state index contributed by atoms with van der Waals surface area (Å²) in [5.41, 5.74) is 2.63. The van der Waals surface area contributed by atoms with Crippen molar-refractivity contribution in [1.29, 1.82) is 0 Å². The van der Waals surface area contributed by atoms with Crippen molar-refractivity contribution in [3.8, 4) is 11.3 Å². The maximum Gasteiger partial charge on any atom is 0.410 e. The van der Waals surface area contributed by atoms with E-state index in [2.05, 4.69) is 63.5 Å². The van der Waals surface area contributed by atoms with Gasteiger partial charge in [-0.3, -0.25) is 14.6 Å². The summed E-state index contributed by atoms with van der Waals surface area (Å²) in [6.07, 6.45) is 6.16. The molecule has 6 rings (SSSR count). The van der Waals surface area contributed by atoms with Crippen LogP contribution in [0.1, 0.15) is 107 Å². The summed E-state index contributed by atoms with van der Waals surface area (Å²) in [6.45, 7) is 35.9. The lowest BCUT2D eigenvalue weighted by Crippen LogP contribution is -2.37. The quantitative estimate of drug-likeness (QED) is 0.0321. The number of aromatic nitrogens is 4. The van der Waals surface area contributed by atoms with Gasteiger partial charge in [-0.1, -0.05) is 83.2 Å². The molecule has 2 fully saturated rings. The Kier molecular flexibility index (Phi) is 18.9. The second-order valence-corrected chi connectivity index (χ2v) is 42.3. The lowest BCUT2D eigenvalue weighted by atomic mass is 10.0. The number of para-hydroxylation sites is 1. The summed E-state index contributed by atoms with van der Waals surface area (Å²) in [4.78, 5) is 58.0. The van der Waals surface area contributed by atoms with E-state index in [9.17, 15) is 9.59 Å². The van der Waals surface area contributed by atoms with Gasteiger partial charge in [0.2, 0.25) is 5.78 Å². The van der Waals surface area contributed by atoms with Crippen molar-refractivity contribution in [2.75, 3.05) is 44.5 Å². The molecule has 2 atom stereocenters. The molecule has 0 saturated carbocycles. The van der Waals surface area contributed by atoms with Crippen molar-refractivity contribution in [2.45, 2.75) is 181 Å². The van der Waals surface area contributed by atoms with E-state index in [4.69, 9.17) is 33.7 Å². The summed E-state index contributed by atoms with van der Waals surface area (Å²) in [5.74, 6) is 1.13. The third-order valence-corrected chi connectivity index (χ3v) is 17.9. The smallest absolute Gasteiger partial charge is 0.410 e. The van der Waals surface area contributed by atoms with Crippen LogP contribution in [0.5, 0.6) is 0 Å². The number of likely N-dealkylation sites (tertiary alicyclic amines) is 2. The Hall–Kier alpha value is -4.60. The molecule has 73 heavy (non-hydrogen) atoms. The average molecular weight is 1060 g/mol. The van der Waals surface area contributed by atoms with Gasteiger partial charge in [-0.05, 0) is 110 Å². The number of nitrogens with zero attached hydrogens (tertiary/aromatic N) is 7. The van der Waals surface area contributed by atoms with E-state index in [1.54, 1.807) is 16.0 Å².